The summed E-state index contributed by atoms with van der Waals surface area (Å²) in [7, 11) is 0. The minimum Gasteiger partial charge on any atom is -0.370 e. The number of nitrogens with zero attached hydrogens (tertiary/aromatic N) is 3. The van der Waals surface area contributed by atoms with Crippen LogP contribution < -0.4 is 4.90 Å². The first kappa shape index (κ1) is 16.8. The van der Waals surface area contributed by atoms with E-state index in [0.29, 0.717) is 24.7 Å². The summed E-state index contributed by atoms with van der Waals surface area (Å²) in [5.41, 5.74) is 1.71. The summed E-state index contributed by atoms with van der Waals surface area (Å²) in [6.45, 7) is 7.07. The Morgan fingerprint density at radius 2 is 1.80 bits per heavy atom. The largest absolute Gasteiger partial charge is 0.370 e. The molecule has 0 aliphatic carbocycles. The van der Waals surface area contributed by atoms with Gasteiger partial charge in [-0.15, -0.1) is 0 Å². The van der Waals surface area contributed by atoms with E-state index >= 15 is 0 Å². The normalized spacial score (nSPS) is 24.0. The van der Waals surface area contributed by atoms with Gasteiger partial charge < -0.3 is 19.3 Å². The molecule has 6 heteroatoms. The molecule has 6 nitrogen and oxygen atoms in total. The molecule has 1 aromatic rings. The minimum atomic E-state index is -0.373. The Hall–Kier alpha value is -1.66. The number of rotatable bonds is 2. The molecule has 3 aliphatic rings. The molecule has 3 fully saturated rings. The van der Waals surface area contributed by atoms with Gasteiger partial charge in [0.15, 0.2) is 5.79 Å². The van der Waals surface area contributed by atoms with Gasteiger partial charge in [-0.3, -0.25) is 9.78 Å². The monoisotopic (exact) mass is 345 g/mol. The van der Waals surface area contributed by atoms with E-state index in [1.54, 1.807) is 6.20 Å². The number of hydrogen-bond acceptors (Lipinski definition) is 5. The van der Waals surface area contributed by atoms with E-state index in [1.807, 2.05) is 17.2 Å². The lowest BCUT2D eigenvalue weighted by atomic mass is 9.98. The highest BCUT2D eigenvalue weighted by atomic mass is 16.7. The van der Waals surface area contributed by atoms with Crippen molar-refractivity contribution in [3.63, 3.8) is 0 Å². The standard InChI is InChI=1S/C19H27N3O3/c1-15-2-6-22(7-3-15)18(23)16-12-17(14-20-13-16)21-8-4-19(5-9-21)24-10-11-25-19/h12-15H,2-11H2,1H3. The van der Waals surface area contributed by atoms with Gasteiger partial charge in [-0.25, -0.2) is 0 Å². The Balaban J connectivity index is 1.42. The molecule has 1 spiro atoms. The molecule has 0 unspecified atom stereocenters. The molecule has 1 aromatic heterocycles. The molecule has 0 atom stereocenters. The van der Waals surface area contributed by atoms with Crippen LogP contribution in [0.3, 0.4) is 0 Å². The van der Waals surface area contributed by atoms with Crippen molar-refractivity contribution in [1.29, 1.82) is 0 Å². The molecule has 0 aromatic carbocycles. The lowest BCUT2D eigenvalue weighted by molar-refractivity contribution is -0.169. The number of carbonyl (C=O) groups excluding carboxylic acids is 1. The molecule has 0 saturated carbocycles. The average molecular weight is 345 g/mol. The topological polar surface area (TPSA) is 54.9 Å². The molecule has 4 heterocycles. The van der Waals surface area contributed by atoms with Crippen molar-refractivity contribution >= 4 is 11.6 Å². The Morgan fingerprint density at radius 1 is 1.12 bits per heavy atom. The molecular weight excluding hydrogens is 318 g/mol. The smallest absolute Gasteiger partial charge is 0.255 e. The zero-order valence-electron chi connectivity index (χ0n) is 14.9. The summed E-state index contributed by atoms with van der Waals surface area (Å²) in [5.74, 6) is 0.452. The Bertz CT molecular complexity index is 612. The number of piperidine rings is 2. The fraction of sp³-hybridized carbons (Fsp3) is 0.684. The van der Waals surface area contributed by atoms with Gasteiger partial charge in [-0.2, -0.15) is 0 Å². The van der Waals surface area contributed by atoms with Crippen molar-refractivity contribution in [1.82, 2.24) is 9.88 Å². The first-order valence-electron chi connectivity index (χ1n) is 9.42. The van der Waals surface area contributed by atoms with Gasteiger partial charge in [-0.1, -0.05) is 6.92 Å². The van der Waals surface area contributed by atoms with Gasteiger partial charge in [-0.05, 0) is 24.8 Å². The van der Waals surface area contributed by atoms with Crippen LogP contribution in [-0.4, -0.2) is 61.0 Å². The molecule has 0 bridgehead atoms. The van der Waals surface area contributed by atoms with Crippen molar-refractivity contribution in [3.8, 4) is 0 Å². The van der Waals surface area contributed by atoms with Gasteiger partial charge in [0, 0.05) is 45.2 Å². The van der Waals surface area contributed by atoms with Gasteiger partial charge in [0.1, 0.15) is 0 Å². The predicted octanol–water partition coefficient (Wildman–Crippen LogP) is 2.30. The summed E-state index contributed by atoms with van der Waals surface area (Å²) in [5, 5.41) is 0. The number of amides is 1. The van der Waals surface area contributed by atoms with E-state index in [9.17, 15) is 4.79 Å². The molecule has 0 radical (unpaired) electrons. The second-order valence-electron chi connectivity index (χ2n) is 7.50. The van der Waals surface area contributed by atoms with Gasteiger partial charge in [0.05, 0.1) is 30.7 Å². The third-order valence-electron chi connectivity index (χ3n) is 5.75. The van der Waals surface area contributed by atoms with Crippen LogP contribution >= 0.6 is 0 Å². The molecule has 1 amide bonds. The molecule has 3 saturated heterocycles. The van der Waals surface area contributed by atoms with Crippen LogP contribution in [0.4, 0.5) is 5.69 Å². The van der Waals surface area contributed by atoms with Crippen LogP contribution in [0.5, 0.6) is 0 Å². The van der Waals surface area contributed by atoms with Crippen LogP contribution in [0.2, 0.25) is 0 Å². The average Bonchev–Trinajstić information content (AvgIpc) is 3.10. The van der Waals surface area contributed by atoms with Crippen LogP contribution in [0.25, 0.3) is 0 Å². The third-order valence-corrected chi connectivity index (χ3v) is 5.75. The maximum absolute atomic E-state index is 12.8. The summed E-state index contributed by atoms with van der Waals surface area (Å²) >= 11 is 0. The maximum Gasteiger partial charge on any atom is 0.255 e. The van der Waals surface area contributed by atoms with Crippen molar-refractivity contribution < 1.29 is 14.3 Å². The predicted molar refractivity (Wildman–Crippen MR) is 94.6 cm³/mol. The summed E-state index contributed by atoms with van der Waals surface area (Å²) in [6.07, 6.45) is 7.44. The van der Waals surface area contributed by atoms with Gasteiger partial charge in [0.2, 0.25) is 0 Å². The van der Waals surface area contributed by atoms with Crippen LogP contribution in [-0.2, 0) is 9.47 Å². The number of pyridine rings is 1. The first-order chi connectivity index (χ1) is 12.2. The van der Waals surface area contributed by atoms with Gasteiger partial charge in [0.25, 0.3) is 5.91 Å². The van der Waals surface area contributed by atoms with E-state index in [1.165, 1.54) is 0 Å². The number of anilines is 1. The summed E-state index contributed by atoms with van der Waals surface area (Å²) < 4.78 is 11.6. The van der Waals surface area contributed by atoms with E-state index < -0.39 is 0 Å². The fourth-order valence-corrected chi connectivity index (χ4v) is 4.00. The molecule has 4 rings (SSSR count). The lowest BCUT2D eigenvalue weighted by Crippen LogP contribution is -2.45. The number of ether oxygens (including phenoxy) is 2. The maximum atomic E-state index is 12.8. The molecular formula is C19H27N3O3. The highest BCUT2D eigenvalue weighted by Crippen LogP contribution is 2.33. The number of hydrogen-bond donors (Lipinski definition) is 0. The van der Waals surface area contributed by atoms with Crippen LogP contribution in [0.1, 0.15) is 43.0 Å². The highest BCUT2D eigenvalue weighted by molar-refractivity contribution is 5.94. The third kappa shape index (κ3) is 3.51. The molecule has 0 N–H and O–H groups in total. The second-order valence-corrected chi connectivity index (χ2v) is 7.50. The molecule has 136 valence electrons. The lowest BCUT2D eigenvalue weighted by Gasteiger charge is -2.38. The fourth-order valence-electron chi connectivity index (χ4n) is 4.00. The molecule has 3 aliphatic heterocycles. The van der Waals surface area contributed by atoms with E-state index in [4.69, 9.17) is 9.47 Å². The summed E-state index contributed by atoms with van der Waals surface area (Å²) in [4.78, 5) is 21.3. The zero-order valence-corrected chi connectivity index (χ0v) is 14.9. The summed E-state index contributed by atoms with van der Waals surface area (Å²) in [6, 6.07) is 1.99. The number of aromatic nitrogens is 1. The number of carbonyl (C=O) groups is 1. The molecule has 25 heavy (non-hydrogen) atoms. The van der Waals surface area contributed by atoms with Crippen LogP contribution in [0.15, 0.2) is 18.5 Å². The SMILES string of the molecule is CC1CCN(C(=O)c2cncc(N3CCC4(CC3)OCCO4)c2)CC1. The van der Waals surface area contributed by atoms with Crippen molar-refractivity contribution in [2.75, 3.05) is 44.3 Å². The number of likely N-dealkylation sites (tertiary alicyclic amines) is 1. The van der Waals surface area contributed by atoms with Crippen molar-refractivity contribution in [2.45, 2.75) is 38.4 Å². The highest BCUT2D eigenvalue weighted by Gasteiger charge is 2.39. The first-order valence-corrected chi connectivity index (χ1v) is 9.42. The van der Waals surface area contributed by atoms with E-state index in [0.717, 1.165) is 57.5 Å². The zero-order chi connectivity index (χ0) is 17.3. The van der Waals surface area contributed by atoms with E-state index in [2.05, 4.69) is 16.8 Å². The second kappa shape index (κ2) is 6.92. The van der Waals surface area contributed by atoms with Crippen molar-refractivity contribution in [3.05, 3.63) is 24.0 Å². The minimum absolute atomic E-state index is 0.109. The Morgan fingerprint density at radius 3 is 2.48 bits per heavy atom. The Kier molecular flexibility index (Phi) is 4.65. The van der Waals surface area contributed by atoms with Crippen molar-refractivity contribution in [2.24, 2.45) is 5.92 Å². The Labute approximate surface area is 149 Å². The van der Waals surface area contributed by atoms with Crippen LogP contribution in [0, 0.1) is 5.92 Å². The quantitative estimate of drug-likeness (QED) is 0.823. The van der Waals surface area contributed by atoms with Gasteiger partial charge >= 0.3 is 0 Å². The van der Waals surface area contributed by atoms with E-state index in [-0.39, 0.29) is 11.7 Å².